The highest BCUT2D eigenvalue weighted by molar-refractivity contribution is 4.95. The van der Waals surface area contributed by atoms with Crippen molar-refractivity contribution in [3.05, 3.63) is 0 Å². The molecule has 138 valence electrons. The van der Waals surface area contributed by atoms with Gasteiger partial charge in [-0.05, 0) is 35.5 Å². The van der Waals surface area contributed by atoms with Gasteiger partial charge in [0.25, 0.3) is 0 Å². The van der Waals surface area contributed by atoms with Crippen molar-refractivity contribution in [1.82, 2.24) is 0 Å². The molecule has 8 unspecified atom stereocenters. The van der Waals surface area contributed by atoms with Gasteiger partial charge in [0.05, 0.1) is 12.2 Å². The van der Waals surface area contributed by atoms with Crippen LogP contribution in [0.2, 0.25) is 0 Å². The first-order valence-electron chi connectivity index (χ1n) is 9.51. The van der Waals surface area contributed by atoms with Gasteiger partial charge in [0.2, 0.25) is 0 Å². The van der Waals surface area contributed by atoms with Crippen molar-refractivity contribution in [2.24, 2.45) is 35.5 Å². The zero-order valence-electron chi connectivity index (χ0n) is 16.4. The van der Waals surface area contributed by atoms with Gasteiger partial charge >= 0.3 is 0 Å². The van der Waals surface area contributed by atoms with Crippen LogP contribution in [0.1, 0.15) is 68.2 Å². The van der Waals surface area contributed by atoms with Crippen molar-refractivity contribution >= 4 is 0 Å². The molecule has 1 saturated heterocycles. The second kappa shape index (κ2) is 8.78. The number of ether oxygens (including phenoxy) is 1. The summed E-state index contributed by atoms with van der Waals surface area (Å²) in [4.78, 5) is 0. The maximum absolute atomic E-state index is 15.1. The lowest BCUT2D eigenvalue weighted by atomic mass is 9.79. The normalized spacial score (nSPS) is 33.9. The van der Waals surface area contributed by atoms with Crippen molar-refractivity contribution in [2.45, 2.75) is 92.8 Å². The Morgan fingerprint density at radius 3 is 1.70 bits per heavy atom. The van der Waals surface area contributed by atoms with Gasteiger partial charge in [0.15, 0.2) is 0 Å². The molecule has 1 aliphatic rings. The fourth-order valence-corrected chi connectivity index (χ4v) is 3.61. The Labute approximate surface area is 142 Å². The lowest BCUT2D eigenvalue weighted by molar-refractivity contribution is -0.0704. The molecule has 1 fully saturated rings. The first-order chi connectivity index (χ1) is 10.6. The van der Waals surface area contributed by atoms with Crippen molar-refractivity contribution < 1.29 is 13.5 Å². The number of hydrogen-bond acceptors (Lipinski definition) is 1. The molecule has 1 heterocycles. The molecule has 1 nitrogen and oxygen atoms in total. The van der Waals surface area contributed by atoms with Crippen LogP contribution in [-0.4, -0.2) is 24.6 Å². The molecule has 1 rings (SSSR count). The Bertz CT molecular complexity index is 345. The zero-order valence-corrected chi connectivity index (χ0v) is 16.4. The van der Waals surface area contributed by atoms with Gasteiger partial charge < -0.3 is 4.74 Å². The summed E-state index contributed by atoms with van der Waals surface area (Å²) in [6, 6.07) is 0. The summed E-state index contributed by atoms with van der Waals surface area (Å²) >= 11 is 0. The van der Waals surface area contributed by atoms with E-state index in [9.17, 15) is 4.39 Å². The number of rotatable bonds is 8. The predicted octanol–water partition coefficient (Wildman–Crippen LogP) is 6.07. The van der Waals surface area contributed by atoms with Crippen molar-refractivity contribution in [2.75, 3.05) is 0 Å². The van der Waals surface area contributed by atoms with Gasteiger partial charge in [0.1, 0.15) is 12.3 Å². The average molecular weight is 333 g/mol. The van der Waals surface area contributed by atoms with E-state index in [1.807, 2.05) is 34.6 Å². The Morgan fingerprint density at radius 2 is 1.26 bits per heavy atom. The predicted molar refractivity (Wildman–Crippen MR) is 94.0 cm³/mol. The third-order valence-corrected chi connectivity index (χ3v) is 6.04. The lowest BCUT2D eigenvalue weighted by Gasteiger charge is -2.30. The molecule has 3 heteroatoms. The summed E-state index contributed by atoms with van der Waals surface area (Å²) in [5.74, 6) is 0.953. The summed E-state index contributed by atoms with van der Waals surface area (Å²) in [6.07, 6.45) is -0.804. The fraction of sp³-hybridized carbons (Fsp3) is 1.00. The molecular weight excluding hydrogens is 294 g/mol. The topological polar surface area (TPSA) is 9.23 Å². The minimum atomic E-state index is -1.02. The molecule has 1 aliphatic heterocycles. The largest absolute Gasteiger partial charge is 0.368 e. The molecule has 0 amide bonds. The first-order valence-corrected chi connectivity index (χ1v) is 9.51. The fourth-order valence-electron chi connectivity index (χ4n) is 3.61. The van der Waals surface area contributed by atoms with Crippen LogP contribution in [0.15, 0.2) is 0 Å². The van der Waals surface area contributed by atoms with E-state index in [1.54, 1.807) is 0 Å². The molecule has 0 aromatic rings. The van der Waals surface area contributed by atoms with Crippen molar-refractivity contribution in [3.8, 4) is 0 Å². The minimum Gasteiger partial charge on any atom is -0.368 e. The number of hydrogen-bond donors (Lipinski definition) is 0. The highest BCUT2D eigenvalue weighted by atomic mass is 19.1. The van der Waals surface area contributed by atoms with Crippen LogP contribution in [0.4, 0.5) is 8.78 Å². The van der Waals surface area contributed by atoms with Crippen LogP contribution in [0, 0.1) is 35.5 Å². The van der Waals surface area contributed by atoms with Crippen LogP contribution in [-0.2, 0) is 4.74 Å². The highest BCUT2D eigenvalue weighted by Gasteiger charge is 2.48. The smallest absolute Gasteiger partial charge is 0.129 e. The van der Waals surface area contributed by atoms with Crippen molar-refractivity contribution in [1.29, 1.82) is 0 Å². The molecular formula is C20H38F2O. The third-order valence-electron chi connectivity index (χ3n) is 6.04. The molecule has 23 heavy (non-hydrogen) atoms. The van der Waals surface area contributed by atoms with Gasteiger partial charge in [-0.25, -0.2) is 8.78 Å². The Hall–Kier alpha value is -0.180. The van der Waals surface area contributed by atoms with Crippen LogP contribution < -0.4 is 0 Å². The van der Waals surface area contributed by atoms with Gasteiger partial charge in [-0.15, -0.1) is 0 Å². The Kier molecular flexibility index (Phi) is 7.97. The van der Waals surface area contributed by atoms with E-state index < -0.39 is 24.6 Å². The summed E-state index contributed by atoms with van der Waals surface area (Å²) < 4.78 is 35.4. The Morgan fingerprint density at radius 1 is 0.783 bits per heavy atom. The van der Waals surface area contributed by atoms with E-state index >= 15 is 4.39 Å². The van der Waals surface area contributed by atoms with E-state index in [4.69, 9.17) is 4.74 Å². The average Bonchev–Trinajstić information content (AvgIpc) is 2.78. The van der Waals surface area contributed by atoms with Crippen LogP contribution in [0.3, 0.4) is 0 Å². The molecule has 0 aliphatic carbocycles. The second-order valence-electron chi connectivity index (χ2n) is 8.72. The molecule has 0 aromatic heterocycles. The zero-order chi connectivity index (χ0) is 17.9. The van der Waals surface area contributed by atoms with E-state index in [0.29, 0.717) is 11.8 Å². The van der Waals surface area contributed by atoms with Gasteiger partial charge in [-0.1, -0.05) is 68.2 Å². The SMILES string of the molecule is CC(C)CCC(C)C(C)C(F)C1OC(C(F)C(C)C)C(C)C1C. The summed E-state index contributed by atoms with van der Waals surface area (Å²) in [6.45, 7) is 16.3. The van der Waals surface area contributed by atoms with E-state index in [1.165, 1.54) is 0 Å². The maximum Gasteiger partial charge on any atom is 0.129 e. The molecule has 0 spiro atoms. The Balaban J connectivity index is 2.70. The lowest BCUT2D eigenvalue weighted by Crippen LogP contribution is -2.36. The van der Waals surface area contributed by atoms with Crippen LogP contribution in [0.25, 0.3) is 0 Å². The molecule has 0 saturated carbocycles. The summed E-state index contributed by atoms with van der Waals surface area (Å²) in [5.41, 5.74) is 0. The minimum absolute atomic E-state index is 0.0516. The number of alkyl halides is 2. The second-order valence-corrected chi connectivity index (χ2v) is 8.72. The van der Waals surface area contributed by atoms with Gasteiger partial charge in [-0.3, -0.25) is 0 Å². The highest BCUT2D eigenvalue weighted by Crippen LogP contribution is 2.41. The summed E-state index contributed by atoms with van der Waals surface area (Å²) in [7, 11) is 0. The molecule has 8 atom stereocenters. The van der Waals surface area contributed by atoms with E-state index in [-0.39, 0.29) is 23.7 Å². The van der Waals surface area contributed by atoms with E-state index in [0.717, 1.165) is 12.8 Å². The standard InChI is InChI=1S/C20H38F2O/c1-11(2)9-10-13(5)14(6)18(22)20-16(8)15(7)19(23-20)17(21)12(3)4/h11-20H,9-10H2,1-8H3. The van der Waals surface area contributed by atoms with Crippen LogP contribution in [0.5, 0.6) is 0 Å². The van der Waals surface area contributed by atoms with Gasteiger partial charge in [-0.2, -0.15) is 0 Å². The molecule has 0 N–H and O–H groups in total. The molecule has 0 aromatic carbocycles. The monoisotopic (exact) mass is 332 g/mol. The van der Waals surface area contributed by atoms with Crippen LogP contribution >= 0.6 is 0 Å². The van der Waals surface area contributed by atoms with Crippen molar-refractivity contribution in [3.63, 3.8) is 0 Å². The maximum atomic E-state index is 15.1. The van der Waals surface area contributed by atoms with Gasteiger partial charge in [0, 0.05) is 0 Å². The summed E-state index contributed by atoms with van der Waals surface area (Å²) in [5, 5.41) is 0. The number of halogens is 2. The van der Waals surface area contributed by atoms with E-state index in [2.05, 4.69) is 20.8 Å². The first kappa shape index (κ1) is 20.9. The molecule has 0 bridgehead atoms. The third kappa shape index (κ3) is 5.14. The molecule has 0 radical (unpaired) electrons. The quantitative estimate of drug-likeness (QED) is 0.524.